The molecule has 1 aromatic carbocycles. The maximum atomic E-state index is 13.8. The Morgan fingerprint density at radius 1 is 1.05 bits per heavy atom. The second kappa shape index (κ2) is 11.8. The summed E-state index contributed by atoms with van der Waals surface area (Å²) < 4.78 is 28.3. The molecule has 2 amide bonds. The molecule has 10 heteroatoms. The number of alkyl halides is 2. The standard InChI is InChI=1S/C31H39ClF2N4O3/c1-20-5-6-26(15-27(20)32)37(29(39)23-7-10-31(33,34)11-8-23)13-4-12-35-16-24-18-36(19-25(24)17-35)30(40)28-21(2)9-14-38(41)22(28)3/h5-6,9,14-15,23-25H,4,7-8,10-13,16-19H2,1-3H3. The van der Waals surface area contributed by atoms with Crippen molar-refractivity contribution in [2.24, 2.45) is 17.8 Å². The van der Waals surface area contributed by atoms with E-state index in [0.29, 0.717) is 53.4 Å². The molecule has 0 N–H and O–H groups in total. The third-order valence-electron chi connectivity index (χ3n) is 9.27. The molecule has 2 atom stereocenters. The first-order valence-electron chi connectivity index (χ1n) is 14.6. The van der Waals surface area contributed by atoms with Crippen molar-refractivity contribution in [1.29, 1.82) is 0 Å². The van der Waals surface area contributed by atoms with Gasteiger partial charge in [0.1, 0.15) is 5.56 Å². The summed E-state index contributed by atoms with van der Waals surface area (Å²) in [7, 11) is 0. The number of aromatic nitrogens is 1. The molecule has 0 radical (unpaired) electrons. The largest absolute Gasteiger partial charge is 0.618 e. The number of benzene rings is 1. The molecule has 5 rings (SSSR count). The van der Waals surface area contributed by atoms with Crippen molar-refractivity contribution in [1.82, 2.24) is 9.80 Å². The predicted molar refractivity (Wildman–Crippen MR) is 154 cm³/mol. The fraction of sp³-hybridized carbons (Fsp3) is 0.581. The van der Waals surface area contributed by atoms with E-state index in [0.717, 1.165) is 41.9 Å². The molecule has 0 bridgehead atoms. The number of anilines is 1. The molecule has 1 aromatic heterocycles. The minimum absolute atomic E-state index is 0.0717. The summed E-state index contributed by atoms with van der Waals surface area (Å²) in [6.45, 7) is 9.85. The van der Waals surface area contributed by atoms with Gasteiger partial charge in [-0.25, -0.2) is 8.78 Å². The van der Waals surface area contributed by atoms with Gasteiger partial charge in [-0.15, -0.1) is 0 Å². The van der Waals surface area contributed by atoms with E-state index >= 15 is 0 Å². The summed E-state index contributed by atoms with van der Waals surface area (Å²) in [5.41, 5.74) is 3.38. The fourth-order valence-electron chi connectivity index (χ4n) is 6.77. The lowest BCUT2D eigenvalue weighted by molar-refractivity contribution is -0.612. The SMILES string of the molecule is Cc1ccc(N(CCCN2CC3CN(C(=O)c4c(C)cc[n+]([O-])c4C)CC3C2)C(=O)C2CCC(F)(F)CC2)cc1Cl. The molecule has 3 aliphatic rings. The number of hydrogen-bond donors (Lipinski definition) is 0. The van der Waals surface area contributed by atoms with Crippen molar-refractivity contribution >= 4 is 29.1 Å². The summed E-state index contributed by atoms with van der Waals surface area (Å²) in [5.74, 6) is -2.51. The van der Waals surface area contributed by atoms with E-state index in [9.17, 15) is 23.6 Å². The number of amides is 2. The molecular weight excluding hydrogens is 550 g/mol. The Bertz CT molecular complexity index is 1300. The number of carbonyl (C=O) groups is 2. The maximum absolute atomic E-state index is 13.8. The van der Waals surface area contributed by atoms with Gasteiger partial charge < -0.3 is 19.9 Å². The highest BCUT2D eigenvalue weighted by Gasteiger charge is 2.43. The number of fused-ring (bicyclic) bond motifs is 1. The third-order valence-corrected chi connectivity index (χ3v) is 9.67. The van der Waals surface area contributed by atoms with Gasteiger partial charge in [0.25, 0.3) is 5.91 Å². The number of aryl methyl sites for hydroxylation is 2. The van der Waals surface area contributed by atoms with E-state index in [4.69, 9.17) is 11.6 Å². The highest BCUT2D eigenvalue weighted by Crippen LogP contribution is 2.38. The number of hydrogen-bond acceptors (Lipinski definition) is 4. The van der Waals surface area contributed by atoms with Crippen LogP contribution >= 0.6 is 11.6 Å². The Morgan fingerprint density at radius 3 is 2.34 bits per heavy atom. The average molecular weight is 589 g/mol. The molecule has 1 aliphatic carbocycles. The molecule has 7 nitrogen and oxygen atoms in total. The van der Waals surface area contributed by atoms with Gasteiger partial charge in [-0.2, -0.15) is 4.73 Å². The van der Waals surface area contributed by atoms with Crippen LogP contribution in [0.25, 0.3) is 0 Å². The van der Waals surface area contributed by atoms with Gasteiger partial charge in [-0.05, 0) is 74.8 Å². The quantitative estimate of drug-likeness (QED) is 0.331. The van der Waals surface area contributed by atoms with Crippen molar-refractivity contribution < 1.29 is 23.1 Å². The Balaban J connectivity index is 1.18. The van der Waals surface area contributed by atoms with Crippen molar-refractivity contribution in [3.05, 3.63) is 63.1 Å². The van der Waals surface area contributed by atoms with Crippen LogP contribution in [0.1, 0.15) is 59.3 Å². The number of rotatable bonds is 7. The number of carbonyl (C=O) groups excluding carboxylic acids is 2. The summed E-state index contributed by atoms with van der Waals surface area (Å²) in [5, 5.41) is 12.6. The van der Waals surface area contributed by atoms with Crippen LogP contribution in [-0.2, 0) is 4.79 Å². The lowest BCUT2D eigenvalue weighted by atomic mass is 9.85. The van der Waals surface area contributed by atoms with E-state index < -0.39 is 11.8 Å². The monoisotopic (exact) mass is 588 g/mol. The predicted octanol–water partition coefficient (Wildman–Crippen LogP) is 5.15. The van der Waals surface area contributed by atoms with Crippen molar-refractivity contribution in [2.45, 2.75) is 58.8 Å². The van der Waals surface area contributed by atoms with Crippen molar-refractivity contribution in [3.8, 4) is 0 Å². The van der Waals surface area contributed by atoms with Crippen LogP contribution in [-0.4, -0.2) is 66.8 Å². The topological polar surface area (TPSA) is 70.8 Å². The van der Waals surface area contributed by atoms with Gasteiger partial charge in [-0.1, -0.05) is 17.7 Å². The Kier molecular flexibility index (Phi) is 8.58. The lowest BCUT2D eigenvalue weighted by Crippen LogP contribution is -2.41. The highest BCUT2D eigenvalue weighted by molar-refractivity contribution is 6.31. The zero-order valence-corrected chi connectivity index (χ0v) is 24.8. The normalized spacial score (nSPS) is 22.6. The number of likely N-dealkylation sites (tertiary alicyclic amines) is 2. The van der Waals surface area contributed by atoms with Crippen LogP contribution in [0.2, 0.25) is 5.02 Å². The average Bonchev–Trinajstić information content (AvgIpc) is 3.49. The summed E-state index contributed by atoms with van der Waals surface area (Å²) >= 11 is 6.39. The molecule has 222 valence electrons. The Labute approximate surface area is 245 Å². The van der Waals surface area contributed by atoms with E-state index in [1.54, 1.807) is 24.0 Å². The van der Waals surface area contributed by atoms with E-state index in [1.807, 2.05) is 30.9 Å². The first kappa shape index (κ1) is 29.7. The molecule has 3 fully saturated rings. The van der Waals surface area contributed by atoms with Crippen LogP contribution in [0, 0.1) is 43.7 Å². The lowest BCUT2D eigenvalue weighted by Gasteiger charge is -2.32. The van der Waals surface area contributed by atoms with Crippen LogP contribution in [0.4, 0.5) is 14.5 Å². The van der Waals surface area contributed by atoms with E-state index in [-0.39, 0.29) is 37.5 Å². The van der Waals surface area contributed by atoms with E-state index in [1.165, 1.54) is 6.20 Å². The van der Waals surface area contributed by atoms with Gasteiger partial charge in [-0.3, -0.25) is 9.59 Å². The smallest absolute Gasteiger partial charge is 0.260 e. The van der Waals surface area contributed by atoms with Crippen LogP contribution < -0.4 is 9.63 Å². The molecule has 2 aromatic rings. The number of pyridine rings is 1. The maximum Gasteiger partial charge on any atom is 0.260 e. The summed E-state index contributed by atoms with van der Waals surface area (Å²) in [6.07, 6.45) is 2.08. The minimum Gasteiger partial charge on any atom is -0.618 e. The second-order valence-corrected chi connectivity index (χ2v) is 12.6. The van der Waals surface area contributed by atoms with Crippen molar-refractivity contribution in [3.63, 3.8) is 0 Å². The minimum atomic E-state index is -2.68. The fourth-order valence-corrected chi connectivity index (χ4v) is 6.94. The molecule has 2 saturated heterocycles. The molecular formula is C31H39ClF2N4O3. The first-order chi connectivity index (χ1) is 19.4. The molecule has 1 saturated carbocycles. The molecule has 0 spiro atoms. The zero-order chi connectivity index (χ0) is 29.5. The molecule has 41 heavy (non-hydrogen) atoms. The Morgan fingerprint density at radius 2 is 1.71 bits per heavy atom. The molecule has 2 aliphatic heterocycles. The number of nitrogens with zero attached hydrogens (tertiary/aromatic N) is 4. The van der Waals surface area contributed by atoms with Crippen LogP contribution in [0.5, 0.6) is 0 Å². The zero-order valence-electron chi connectivity index (χ0n) is 24.0. The third kappa shape index (κ3) is 6.36. The van der Waals surface area contributed by atoms with Gasteiger partial charge in [0.05, 0.1) is 0 Å². The van der Waals surface area contributed by atoms with Crippen molar-refractivity contribution in [2.75, 3.05) is 44.2 Å². The molecule has 2 unspecified atom stereocenters. The summed E-state index contributed by atoms with van der Waals surface area (Å²) in [6, 6.07) is 7.25. The van der Waals surface area contributed by atoms with Gasteiger partial charge >= 0.3 is 0 Å². The van der Waals surface area contributed by atoms with E-state index in [2.05, 4.69) is 4.90 Å². The highest BCUT2D eigenvalue weighted by atomic mass is 35.5. The van der Waals surface area contributed by atoms with Gasteiger partial charge in [0.2, 0.25) is 17.5 Å². The second-order valence-electron chi connectivity index (χ2n) is 12.2. The van der Waals surface area contributed by atoms with Gasteiger partial charge in [0, 0.05) is 75.2 Å². The number of halogens is 3. The first-order valence-corrected chi connectivity index (χ1v) is 15.0. The molecule has 3 heterocycles. The van der Waals surface area contributed by atoms with Crippen LogP contribution in [0.3, 0.4) is 0 Å². The van der Waals surface area contributed by atoms with Crippen LogP contribution in [0.15, 0.2) is 30.5 Å². The Hall–Kier alpha value is -2.78. The van der Waals surface area contributed by atoms with Gasteiger partial charge in [0.15, 0.2) is 6.20 Å². The summed E-state index contributed by atoms with van der Waals surface area (Å²) in [4.78, 5) is 32.8.